The number of carbonyl (C=O) groups excluding carboxylic acids is 1. The van der Waals surface area contributed by atoms with Crippen molar-refractivity contribution in [3.05, 3.63) is 64.5 Å². The first-order chi connectivity index (χ1) is 18.9. The first-order valence-corrected chi connectivity index (χ1v) is 14.0. The van der Waals surface area contributed by atoms with Crippen molar-refractivity contribution in [2.24, 2.45) is 0 Å². The zero-order valence-electron chi connectivity index (χ0n) is 22.4. The maximum atomic E-state index is 14.5. The molecule has 4 aromatic rings. The van der Waals surface area contributed by atoms with E-state index in [0.717, 1.165) is 78.0 Å². The zero-order chi connectivity index (χ0) is 27.3. The Bertz CT molecular complexity index is 1520. The lowest BCUT2D eigenvalue weighted by Gasteiger charge is -2.37. The molecule has 1 saturated heterocycles. The Morgan fingerprint density at radius 2 is 1.87 bits per heavy atom. The maximum absolute atomic E-state index is 14.5. The van der Waals surface area contributed by atoms with E-state index >= 15 is 0 Å². The van der Waals surface area contributed by atoms with Gasteiger partial charge in [0.1, 0.15) is 17.4 Å². The molecular formula is C30H32ClFN4O3. The number of hydrogen-bond acceptors (Lipinski definition) is 5. The van der Waals surface area contributed by atoms with Crippen LogP contribution >= 0.6 is 11.6 Å². The third-order valence-corrected chi connectivity index (χ3v) is 8.62. The minimum atomic E-state index is -0.540. The lowest BCUT2D eigenvalue weighted by Crippen LogP contribution is -2.40. The van der Waals surface area contributed by atoms with Gasteiger partial charge >= 0.3 is 0 Å². The maximum Gasteiger partial charge on any atom is 0.227 e. The summed E-state index contributed by atoms with van der Waals surface area (Å²) in [4.78, 5) is 20.3. The van der Waals surface area contributed by atoms with Gasteiger partial charge in [-0.15, -0.1) is 0 Å². The van der Waals surface area contributed by atoms with Gasteiger partial charge in [0.2, 0.25) is 5.91 Å². The van der Waals surface area contributed by atoms with Crippen LogP contribution in [0.15, 0.2) is 40.9 Å². The molecule has 1 aliphatic carbocycles. The minimum Gasteiger partial charge on any atom is -0.381 e. The summed E-state index contributed by atoms with van der Waals surface area (Å²) in [6.07, 6.45) is 6.01. The highest BCUT2D eigenvalue weighted by molar-refractivity contribution is 6.30. The molecule has 204 valence electrons. The van der Waals surface area contributed by atoms with Crippen molar-refractivity contribution in [1.82, 2.24) is 14.7 Å². The summed E-state index contributed by atoms with van der Waals surface area (Å²) in [5, 5.41) is 4.16. The smallest absolute Gasteiger partial charge is 0.227 e. The van der Waals surface area contributed by atoms with E-state index in [9.17, 15) is 9.18 Å². The van der Waals surface area contributed by atoms with E-state index in [0.29, 0.717) is 12.1 Å². The molecule has 1 aliphatic heterocycles. The lowest BCUT2D eigenvalue weighted by atomic mass is 9.91. The van der Waals surface area contributed by atoms with E-state index < -0.39 is 5.82 Å². The fraction of sp³-hybridized carbons (Fsp3) is 0.433. The van der Waals surface area contributed by atoms with Gasteiger partial charge in [0.05, 0.1) is 33.9 Å². The van der Waals surface area contributed by atoms with Crippen LogP contribution in [0.4, 0.5) is 10.1 Å². The van der Waals surface area contributed by atoms with Gasteiger partial charge in [-0.2, -0.15) is 0 Å². The van der Waals surface area contributed by atoms with E-state index in [1.165, 1.54) is 12.1 Å². The molecule has 39 heavy (non-hydrogen) atoms. The van der Waals surface area contributed by atoms with Gasteiger partial charge in [0.15, 0.2) is 0 Å². The fourth-order valence-electron chi connectivity index (χ4n) is 6.40. The van der Waals surface area contributed by atoms with Gasteiger partial charge in [-0.05, 0) is 88.3 Å². The summed E-state index contributed by atoms with van der Waals surface area (Å²) in [6.45, 7) is 3.85. The normalized spacial score (nSPS) is 22.1. The van der Waals surface area contributed by atoms with Crippen LogP contribution in [0.5, 0.6) is 0 Å². The number of imidazole rings is 1. The summed E-state index contributed by atoms with van der Waals surface area (Å²) in [6, 6.07) is 10.8. The van der Waals surface area contributed by atoms with Crippen molar-refractivity contribution < 1.29 is 18.4 Å². The molecule has 1 saturated carbocycles. The van der Waals surface area contributed by atoms with Gasteiger partial charge < -0.3 is 18.7 Å². The number of benzene rings is 2. The predicted octanol–water partition coefficient (Wildman–Crippen LogP) is 7.49. The highest BCUT2D eigenvalue weighted by Gasteiger charge is 2.36. The molecule has 0 spiro atoms. The lowest BCUT2D eigenvalue weighted by molar-refractivity contribution is -0.120. The number of anilines is 1. The van der Waals surface area contributed by atoms with E-state index in [-0.39, 0.29) is 29.1 Å². The number of carbonyl (C=O) groups is 1. The molecular weight excluding hydrogens is 519 g/mol. The Morgan fingerprint density at radius 1 is 1.08 bits per heavy atom. The number of nitrogens with zero attached hydrogens (tertiary/aromatic N) is 4. The number of fused-ring (bicyclic) bond motifs is 1. The third kappa shape index (κ3) is 4.63. The molecule has 3 heterocycles. The van der Waals surface area contributed by atoms with Crippen LogP contribution in [0.3, 0.4) is 0 Å². The Balaban J connectivity index is 1.50. The number of rotatable bonds is 5. The molecule has 7 nitrogen and oxygen atoms in total. The molecule has 0 N–H and O–H groups in total. The van der Waals surface area contributed by atoms with E-state index in [1.807, 2.05) is 13.8 Å². The molecule has 2 fully saturated rings. The number of amides is 1. The molecule has 0 bridgehead atoms. The summed E-state index contributed by atoms with van der Waals surface area (Å²) >= 11 is 5.98. The first kappa shape index (κ1) is 26.0. The van der Waals surface area contributed by atoms with Crippen LogP contribution in [0.25, 0.3) is 22.2 Å². The van der Waals surface area contributed by atoms with E-state index in [1.54, 1.807) is 18.1 Å². The number of halogens is 2. The quantitative estimate of drug-likeness (QED) is 0.257. The van der Waals surface area contributed by atoms with Crippen LogP contribution in [-0.4, -0.2) is 33.8 Å². The standard InChI is InChI=1S/C30H32ClFN4O3/c1-17-29(18(2)39-34-17)19-7-14-26-25(15-19)33-30(36(26)20-8-11-22(38-3)12-9-20)27-5-4-6-28(37)35(27)21-10-13-23(31)24(32)16-21/h7,10,13-16,20,22,27H,4-6,8-9,11-12H2,1-3H3. The van der Waals surface area contributed by atoms with E-state index in [2.05, 4.69) is 27.9 Å². The van der Waals surface area contributed by atoms with Crippen LogP contribution in [-0.2, 0) is 9.53 Å². The average Bonchev–Trinajstić information content (AvgIpc) is 3.48. The molecule has 9 heteroatoms. The average molecular weight is 551 g/mol. The summed E-state index contributed by atoms with van der Waals surface area (Å²) in [7, 11) is 1.77. The van der Waals surface area contributed by atoms with Gasteiger partial charge in [-0.25, -0.2) is 9.37 Å². The number of methoxy groups -OCH3 is 1. The van der Waals surface area contributed by atoms with Gasteiger partial charge in [-0.3, -0.25) is 4.79 Å². The third-order valence-electron chi connectivity index (χ3n) is 8.31. The molecule has 6 rings (SSSR count). The van der Waals surface area contributed by atoms with Crippen molar-refractivity contribution in [2.75, 3.05) is 12.0 Å². The summed E-state index contributed by atoms with van der Waals surface area (Å²) < 4.78 is 27.9. The van der Waals surface area contributed by atoms with Gasteiger partial charge in [-0.1, -0.05) is 22.8 Å². The molecule has 2 aliphatic rings. The second kappa shape index (κ2) is 10.4. The monoisotopic (exact) mass is 550 g/mol. The highest BCUT2D eigenvalue weighted by Crippen LogP contribution is 2.42. The second-order valence-corrected chi connectivity index (χ2v) is 11.1. The number of piperidine rings is 1. The Kier molecular flexibility index (Phi) is 6.93. The summed E-state index contributed by atoms with van der Waals surface area (Å²) in [5.74, 6) is 1.02. The Morgan fingerprint density at radius 3 is 2.56 bits per heavy atom. The number of ether oxygens (including phenoxy) is 1. The van der Waals surface area contributed by atoms with Crippen LogP contribution in [0.1, 0.15) is 74.3 Å². The van der Waals surface area contributed by atoms with Crippen molar-refractivity contribution in [1.29, 1.82) is 0 Å². The first-order valence-electron chi connectivity index (χ1n) is 13.6. The van der Waals surface area contributed by atoms with Crippen LogP contribution in [0, 0.1) is 19.7 Å². The largest absolute Gasteiger partial charge is 0.381 e. The predicted molar refractivity (Wildman–Crippen MR) is 148 cm³/mol. The molecule has 0 radical (unpaired) electrons. The SMILES string of the molecule is COC1CCC(n2c(C3CCCC(=O)N3c3ccc(Cl)c(F)c3)nc3cc(-c4c(C)noc4C)ccc32)CC1. The molecule has 2 aromatic carbocycles. The number of aromatic nitrogens is 3. The topological polar surface area (TPSA) is 73.4 Å². The highest BCUT2D eigenvalue weighted by atomic mass is 35.5. The summed E-state index contributed by atoms with van der Waals surface area (Å²) in [5.41, 5.74) is 5.19. The van der Waals surface area contributed by atoms with Gasteiger partial charge in [0, 0.05) is 30.8 Å². The minimum absolute atomic E-state index is 0.0359. The van der Waals surface area contributed by atoms with Crippen molar-refractivity contribution in [3.63, 3.8) is 0 Å². The molecule has 2 aromatic heterocycles. The van der Waals surface area contributed by atoms with Crippen LogP contribution in [0.2, 0.25) is 5.02 Å². The van der Waals surface area contributed by atoms with Gasteiger partial charge in [0.25, 0.3) is 0 Å². The zero-order valence-corrected chi connectivity index (χ0v) is 23.2. The second-order valence-electron chi connectivity index (χ2n) is 10.7. The van der Waals surface area contributed by atoms with Crippen molar-refractivity contribution in [2.45, 2.75) is 77.0 Å². The van der Waals surface area contributed by atoms with Crippen molar-refractivity contribution >= 4 is 34.2 Å². The molecule has 1 unspecified atom stereocenters. The van der Waals surface area contributed by atoms with Crippen molar-refractivity contribution in [3.8, 4) is 11.1 Å². The number of aryl methyl sites for hydroxylation is 2. The molecule has 1 atom stereocenters. The Labute approximate surface area is 231 Å². The number of hydrogen-bond donors (Lipinski definition) is 0. The molecule has 1 amide bonds. The fourth-order valence-corrected chi connectivity index (χ4v) is 6.52. The van der Waals surface area contributed by atoms with Crippen LogP contribution < -0.4 is 4.90 Å². The Hall–Kier alpha value is -3.23. The van der Waals surface area contributed by atoms with E-state index in [4.69, 9.17) is 25.8 Å².